The summed E-state index contributed by atoms with van der Waals surface area (Å²) in [5.41, 5.74) is 3.50. The predicted molar refractivity (Wildman–Crippen MR) is 94.1 cm³/mol. The zero-order valence-corrected chi connectivity index (χ0v) is 15.7. The molecule has 0 amide bonds. The van der Waals surface area contributed by atoms with Crippen molar-refractivity contribution in [2.45, 2.75) is 4.83 Å². The average molecular weight is 476 g/mol. The molecule has 6 heteroatoms. The van der Waals surface area contributed by atoms with Gasteiger partial charge in [-0.15, -0.1) is 0 Å². The van der Waals surface area contributed by atoms with Gasteiger partial charge in [-0.2, -0.15) is 0 Å². The molecule has 3 rings (SSSR count). The molecule has 0 aliphatic heterocycles. The van der Waals surface area contributed by atoms with Crippen molar-refractivity contribution in [3.8, 4) is 0 Å². The van der Waals surface area contributed by atoms with E-state index < -0.39 is 0 Å². The van der Waals surface area contributed by atoms with E-state index in [9.17, 15) is 4.79 Å². The number of rotatable bonds is 2. The van der Waals surface area contributed by atoms with Crippen LogP contribution in [0.3, 0.4) is 0 Å². The van der Waals surface area contributed by atoms with Gasteiger partial charge in [-0.3, -0.25) is 4.57 Å². The Morgan fingerprint density at radius 2 is 1.90 bits per heavy atom. The van der Waals surface area contributed by atoms with E-state index in [2.05, 4.69) is 53.9 Å². The molecule has 3 nitrogen and oxygen atoms in total. The van der Waals surface area contributed by atoms with E-state index in [1.165, 1.54) is 4.57 Å². The first-order valence-electron chi connectivity index (χ1n) is 6.16. The Morgan fingerprint density at radius 1 is 1.14 bits per heavy atom. The number of hydrogen-bond donors (Lipinski definition) is 0. The second-order valence-corrected chi connectivity index (χ2v) is 7.37. The van der Waals surface area contributed by atoms with Crippen molar-refractivity contribution in [2.75, 3.05) is 0 Å². The number of benzene rings is 2. The molecule has 1 atom stereocenters. The van der Waals surface area contributed by atoms with Crippen LogP contribution in [0.2, 0.25) is 0 Å². The molecule has 1 aromatic heterocycles. The van der Waals surface area contributed by atoms with Gasteiger partial charge in [0.15, 0.2) is 5.58 Å². The number of fused-ring (bicyclic) bond motifs is 1. The molecule has 0 radical (unpaired) electrons. The van der Waals surface area contributed by atoms with Crippen LogP contribution >= 0.6 is 47.8 Å². The predicted octanol–water partition coefficient (Wildman–Crippen LogP) is 5.14. The van der Waals surface area contributed by atoms with Crippen LogP contribution in [0.5, 0.6) is 0 Å². The largest absolute Gasteiger partial charge is 0.419 e. The molecule has 21 heavy (non-hydrogen) atoms. The molecule has 0 saturated carbocycles. The molecule has 0 spiro atoms. The van der Waals surface area contributed by atoms with Crippen molar-refractivity contribution in [1.29, 1.82) is 0 Å². The number of alkyl halides is 1. The Morgan fingerprint density at radius 3 is 2.67 bits per heavy atom. The Bertz CT molecular complexity index is 882. The summed E-state index contributed by atoms with van der Waals surface area (Å²) in [4.78, 5) is 11.6. The lowest BCUT2D eigenvalue weighted by Crippen LogP contribution is -2.08. The third-order valence-electron chi connectivity index (χ3n) is 3.34. The van der Waals surface area contributed by atoms with E-state index in [1.54, 1.807) is 7.05 Å². The summed E-state index contributed by atoms with van der Waals surface area (Å²) in [7, 11) is 1.70. The molecule has 3 aromatic rings. The zero-order valence-electron chi connectivity index (χ0n) is 10.9. The van der Waals surface area contributed by atoms with Crippen LogP contribution in [0, 0.1) is 0 Å². The summed E-state index contributed by atoms with van der Waals surface area (Å²) in [5.74, 6) is -0.350. The van der Waals surface area contributed by atoms with Crippen molar-refractivity contribution in [3.63, 3.8) is 0 Å². The van der Waals surface area contributed by atoms with E-state index in [0.717, 1.165) is 25.6 Å². The molecule has 1 unspecified atom stereocenters. The highest BCUT2D eigenvalue weighted by Gasteiger charge is 2.16. The van der Waals surface area contributed by atoms with E-state index in [-0.39, 0.29) is 10.6 Å². The summed E-state index contributed by atoms with van der Waals surface area (Å²) in [6, 6.07) is 11.8. The summed E-state index contributed by atoms with van der Waals surface area (Å²) in [6.45, 7) is 0. The average Bonchev–Trinajstić information content (AvgIpc) is 2.75. The minimum Gasteiger partial charge on any atom is -0.408 e. The van der Waals surface area contributed by atoms with Gasteiger partial charge in [0.25, 0.3) is 0 Å². The Kier molecular flexibility index (Phi) is 4.12. The molecule has 0 N–H and O–H groups in total. The second-order valence-electron chi connectivity index (χ2n) is 4.68. The number of oxazole rings is 1. The first kappa shape index (κ1) is 15.1. The molecule has 2 aromatic carbocycles. The van der Waals surface area contributed by atoms with Gasteiger partial charge in [0.1, 0.15) is 0 Å². The summed E-state index contributed by atoms with van der Waals surface area (Å²) in [5, 5.41) is 0. The number of hydrogen-bond acceptors (Lipinski definition) is 2. The number of nitrogens with zero attached hydrogens (tertiary/aromatic N) is 1. The minimum absolute atomic E-state index is 0.000664. The first-order chi connectivity index (χ1) is 9.97. The quantitative estimate of drug-likeness (QED) is 0.481. The Hall–Kier alpha value is -0.850. The summed E-state index contributed by atoms with van der Waals surface area (Å²) >= 11 is 10.8. The van der Waals surface area contributed by atoms with Crippen molar-refractivity contribution in [2.24, 2.45) is 7.05 Å². The van der Waals surface area contributed by atoms with Crippen molar-refractivity contribution < 1.29 is 4.42 Å². The van der Waals surface area contributed by atoms with E-state index in [0.29, 0.717) is 5.58 Å². The van der Waals surface area contributed by atoms with E-state index in [1.807, 2.05) is 30.3 Å². The van der Waals surface area contributed by atoms with Crippen LogP contribution in [0.15, 0.2) is 54.6 Å². The van der Waals surface area contributed by atoms with E-state index >= 15 is 0 Å². The van der Waals surface area contributed by atoms with Crippen LogP contribution in [0.1, 0.15) is 16.0 Å². The van der Waals surface area contributed by atoms with Crippen molar-refractivity contribution in [1.82, 2.24) is 4.57 Å². The number of aromatic nitrogens is 1. The molecule has 1 heterocycles. The third kappa shape index (κ3) is 2.76. The maximum absolute atomic E-state index is 11.6. The van der Waals surface area contributed by atoms with Gasteiger partial charge >= 0.3 is 5.76 Å². The number of halogens is 3. The lowest BCUT2D eigenvalue weighted by Gasteiger charge is -2.13. The molecule has 0 bridgehead atoms. The summed E-state index contributed by atoms with van der Waals surface area (Å²) < 4.78 is 8.77. The van der Waals surface area contributed by atoms with Gasteiger partial charge in [0.2, 0.25) is 0 Å². The number of aryl methyl sites for hydroxylation is 1. The van der Waals surface area contributed by atoms with Gasteiger partial charge in [-0.05, 0) is 41.5 Å². The maximum Gasteiger partial charge on any atom is 0.419 e. The zero-order chi connectivity index (χ0) is 15.1. The van der Waals surface area contributed by atoms with E-state index in [4.69, 9.17) is 4.42 Å². The van der Waals surface area contributed by atoms with Gasteiger partial charge in [0, 0.05) is 16.0 Å². The standard InChI is InChI=1S/C15H10Br3NO2/c1-19-12-5-2-8(6-13(12)21-15(19)20)14(18)10-7-9(16)3-4-11(10)17/h2-7,14H,1H3. The maximum atomic E-state index is 11.6. The Balaban J connectivity index is 2.11. The third-order valence-corrected chi connectivity index (χ3v) is 5.58. The fourth-order valence-corrected chi connectivity index (χ4v) is 4.02. The van der Waals surface area contributed by atoms with Crippen LogP contribution < -0.4 is 5.76 Å². The highest BCUT2D eigenvalue weighted by Crippen LogP contribution is 2.37. The highest BCUT2D eigenvalue weighted by molar-refractivity contribution is 9.11. The molecule has 108 valence electrons. The summed E-state index contributed by atoms with van der Waals surface area (Å²) in [6.07, 6.45) is 0. The molecular weight excluding hydrogens is 466 g/mol. The molecule has 0 aliphatic carbocycles. The second kappa shape index (κ2) is 5.74. The smallest absolute Gasteiger partial charge is 0.408 e. The highest BCUT2D eigenvalue weighted by atomic mass is 79.9. The van der Waals surface area contributed by atoms with Crippen molar-refractivity contribution >= 4 is 58.9 Å². The molecule has 0 saturated heterocycles. The fraction of sp³-hybridized carbons (Fsp3) is 0.133. The molecule has 0 fully saturated rings. The van der Waals surface area contributed by atoms with Crippen molar-refractivity contribution in [3.05, 3.63) is 67.0 Å². The SMILES string of the molecule is Cn1c(=O)oc2cc(C(Br)c3cc(Br)ccc3Br)ccc21. The van der Waals surface area contributed by atoms with Crippen LogP contribution in [-0.4, -0.2) is 4.57 Å². The monoisotopic (exact) mass is 473 g/mol. The normalized spacial score (nSPS) is 12.8. The van der Waals surface area contributed by atoms with Gasteiger partial charge in [-0.25, -0.2) is 4.79 Å². The van der Waals surface area contributed by atoms with Gasteiger partial charge < -0.3 is 4.42 Å². The van der Waals surface area contributed by atoms with Gasteiger partial charge in [-0.1, -0.05) is 53.9 Å². The van der Waals surface area contributed by atoms with Gasteiger partial charge in [0.05, 0.1) is 10.3 Å². The molecule has 0 aliphatic rings. The lowest BCUT2D eigenvalue weighted by atomic mass is 10.0. The van der Waals surface area contributed by atoms with Crippen LogP contribution in [0.25, 0.3) is 11.1 Å². The topological polar surface area (TPSA) is 35.1 Å². The Labute approximate surface area is 146 Å². The fourth-order valence-electron chi connectivity index (χ4n) is 2.20. The van der Waals surface area contributed by atoms with Crippen LogP contribution in [0.4, 0.5) is 0 Å². The molecular formula is C15H10Br3NO2. The minimum atomic E-state index is -0.350. The lowest BCUT2D eigenvalue weighted by molar-refractivity contribution is 0.528. The first-order valence-corrected chi connectivity index (χ1v) is 8.66. The van der Waals surface area contributed by atoms with Crippen LogP contribution in [-0.2, 0) is 7.05 Å².